The maximum Gasteiger partial charge on any atom is 0.252 e. The van der Waals surface area contributed by atoms with Crippen LogP contribution in [0, 0.1) is 12.3 Å². The molecule has 0 spiro atoms. The first kappa shape index (κ1) is 14.4. The molecule has 1 aromatic carbocycles. The van der Waals surface area contributed by atoms with Gasteiger partial charge >= 0.3 is 0 Å². The summed E-state index contributed by atoms with van der Waals surface area (Å²) in [6.07, 6.45) is 5.12. The highest BCUT2D eigenvalue weighted by Gasteiger charge is 2.11. The summed E-state index contributed by atoms with van der Waals surface area (Å²) >= 11 is 10.9. The Labute approximate surface area is 119 Å². The molecule has 0 saturated carbocycles. The molecule has 1 rings (SSSR count). The maximum atomic E-state index is 11.8. The van der Waals surface area contributed by atoms with Crippen LogP contribution in [0.3, 0.4) is 0 Å². The van der Waals surface area contributed by atoms with Crippen LogP contribution in [0.25, 0.3) is 0 Å². The van der Waals surface area contributed by atoms with Gasteiger partial charge in [0.25, 0.3) is 5.91 Å². The van der Waals surface area contributed by atoms with Crippen LogP contribution in [-0.2, 0) is 0 Å². The van der Waals surface area contributed by atoms with Gasteiger partial charge in [-0.15, -0.1) is 18.2 Å². The number of benzene rings is 1. The van der Waals surface area contributed by atoms with Crippen molar-refractivity contribution >= 4 is 45.2 Å². The lowest BCUT2D eigenvalue weighted by molar-refractivity contribution is 0.0956. The smallest absolute Gasteiger partial charge is 0.252 e. The number of nitrogens with one attached hydrogen (secondary N) is 1. The van der Waals surface area contributed by atoms with E-state index in [1.807, 2.05) is 0 Å². The van der Waals surface area contributed by atoms with E-state index >= 15 is 0 Å². The molecule has 1 amide bonds. The molecule has 1 N–H and O–H groups in total. The lowest BCUT2D eigenvalue weighted by Crippen LogP contribution is -2.26. The number of carbonyl (C=O) groups is 1. The van der Waals surface area contributed by atoms with Crippen molar-refractivity contribution in [1.82, 2.24) is 5.32 Å². The van der Waals surface area contributed by atoms with Gasteiger partial charge in [-0.1, -0.05) is 23.6 Å². The minimum absolute atomic E-state index is 0.169. The first-order valence-corrected chi connectivity index (χ1v) is 7.22. The molecule has 17 heavy (non-hydrogen) atoms. The Morgan fingerprint density at radius 1 is 1.59 bits per heavy atom. The van der Waals surface area contributed by atoms with E-state index < -0.39 is 0 Å². The van der Waals surface area contributed by atoms with Gasteiger partial charge in [0.15, 0.2) is 0 Å². The third-order valence-electron chi connectivity index (χ3n) is 1.91. The van der Waals surface area contributed by atoms with Gasteiger partial charge in [-0.2, -0.15) is 0 Å². The van der Waals surface area contributed by atoms with Crippen LogP contribution in [-0.4, -0.2) is 24.0 Å². The molecule has 0 heterocycles. The van der Waals surface area contributed by atoms with Crippen LogP contribution in [0.1, 0.15) is 10.4 Å². The summed E-state index contributed by atoms with van der Waals surface area (Å²) in [5.74, 6) is 3.81. The van der Waals surface area contributed by atoms with E-state index in [0.29, 0.717) is 27.4 Å². The Kier molecular flexibility index (Phi) is 6.49. The number of halogens is 2. The highest BCUT2D eigenvalue weighted by molar-refractivity contribution is 9.10. The Morgan fingerprint density at radius 2 is 2.35 bits per heavy atom. The normalized spacial score (nSPS) is 9.71. The molecule has 2 nitrogen and oxygen atoms in total. The van der Waals surface area contributed by atoms with E-state index in [0.717, 1.165) is 5.75 Å². The lowest BCUT2D eigenvalue weighted by atomic mass is 10.2. The van der Waals surface area contributed by atoms with E-state index in [1.165, 1.54) is 0 Å². The number of terminal acetylenes is 1. The summed E-state index contributed by atoms with van der Waals surface area (Å²) in [4.78, 5) is 11.8. The topological polar surface area (TPSA) is 29.1 Å². The second kappa shape index (κ2) is 7.65. The fraction of sp³-hybridized carbons (Fsp3) is 0.250. The molecule has 0 fully saturated rings. The zero-order valence-electron chi connectivity index (χ0n) is 9.00. The maximum absolute atomic E-state index is 11.8. The average molecular weight is 333 g/mol. The van der Waals surface area contributed by atoms with Crippen molar-refractivity contribution in [1.29, 1.82) is 0 Å². The number of carbonyl (C=O) groups excluding carboxylic acids is 1. The monoisotopic (exact) mass is 331 g/mol. The van der Waals surface area contributed by atoms with Crippen molar-refractivity contribution in [2.45, 2.75) is 0 Å². The Balaban J connectivity index is 2.48. The number of hydrogen-bond donors (Lipinski definition) is 1. The molecule has 0 radical (unpaired) electrons. The summed E-state index contributed by atoms with van der Waals surface area (Å²) < 4.78 is 0.716. The Morgan fingerprint density at radius 3 is 3.06 bits per heavy atom. The van der Waals surface area contributed by atoms with Crippen molar-refractivity contribution in [3.05, 3.63) is 33.3 Å². The quantitative estimate of drug-likeness (QED) is 0.663. The highest BCUT2D eigenvalue weighted by atomic mass is 79.9. The molecule has 0 aromatic heterocycles. The predicted octanol–water partition coefficient (Wildman–Crippen LogP) is 3.20. The molecule has 0 saturated heterocycles. The van der Waals surface area contributed by atoms with E-state index in [1.54, 1.807) is 30.0 Å². The fourth-order valence-electron chi connectivity index (χ4n) is 1.14. The second-order valence-corrected chi connectivity index (χ2v) is 5.45. The van der Waals surface area contributed by atoms with Crippen LogP contribution in [0.15, 0.2) is 22.7 Å². The molecule has 0 aliphatic heterocycles. The van der Waals surface area contributed by atoms with Crippen molar-refractivity contribution in [3.8, 4) is 12.3 Å². The standard InChI is InChI=1S/C12H11BrClNOS/c1-2-7-17-8-6-15-12(16)9-4-3-5-10(13)11(9)14/h1,3-5H,6-8H2,(H,15,16). The van der Waals surface area contributed by atoms with Crippen LogP contribution in [0.4, 0.5) is 0 Å². The summed E-state index contributed by atoms with van der Waals surface area (Å²) in [6.45, 7) is 0.577. The van der Waals surface area contributed by atoms with E-state index in [2.05, 4.69) is 27.2 Å². The molecule has 0 aliphatic rings. The van der Waals surface area contributed by atoms with Crippen molar-refractivity contribution in [3.63, 3.8) is 0 Å². The fourth-order valence-corrected chi connectivity index (χ4v) is 2.23. The molecule has 1 aromatic rings. The van der Waals surface area contributed by atoms with Gasteiger partial charge in [0.2, 0.25) is 0 Å². The number of hydrogen-bond acceptors (Lipinski definition) is 2. The van der Waals surface area contributed by atoms with E-state index in [-0.39, 0.29) is 5.91 Å². The molecule has 90 valence electrons. The first-order chi connectivity index (χ1) is 8.16. The van der Waals surface area contributed by atoms with Gasteiger partial charge in [-0.25, -0.2) is 0 Å². The Bertz CT molecular complexity index is 445. The van der Waals surface area contributed by atoms with E-state index in [9.17, 15) is 4.79 Å². The van der Waals surface area contributed by atoms with Crippen LogP contribution in [0.2, 0.25) is 5.02 Å². The largest absolute Gasteiger partial charge is 0.351 e. The van der Waals surface area contributed by atoms with Gasteiger partial charge in [0.05, 0.1) is 16.3 Å². The van der Waals surface area contributed by atoms with Crippen molar-refractivity contribution < 1.29 is 4.79 Å². The van der Waals surface area contributed by atoms with Gasteiger partial charge in [-0.05, 0) is 28.1 Å². The lowest BCUT2D eigenvalue weighted by Gasteiger charge is -2.07. The van der Waals surface area contributed by atoms with Crippen LogP contribution >= 0.6 is 39.3 Å². The molecule has 0 aliphatic carbocycles. The number of rotatable bonds is 5. The molecule has 0 unspecified atom stereocenters. The summed E-state index contributed by atoms with van der Waals surface area (Å²) in [5, 5.41) is 3.22. The second-order valence-electron chi connectivity index (χ2n) is 3.11. The van der Waals surface area contributed by atoms with Gasteiger partial charge in [0, 0.05) is 16.8 Å². The van der Waals surface area contributed by atoms with Crippen molar-refractivity contribution in [2.24, 2.45) is 0 Å². The Hall–Kier alpha value is -0.630. The summed E-state index contributed by atoms with van der Waals surface area (Å²) in [7, 11) is 0. The summed E-state index contributed by atoms with van der Waals surface area (Å²) in [5.41, 5.74) is 0.475. The average Bonchev–Trinajstić information content (AvgIpc) is 2.32. The number of thioether (sulfide) groups is 1. The molecular weight excluding hydrogens is 322 g/mol. The zero-order chi connectivity index (χ0) is 12.7. The third kappa shape index (κ3) is 4.63. The highest BCUT2D eigenvalue weighted by Crippen LogP contribution is 2.25. The molecule has 0 atom stereocenters. The molecule has 0 bridgehead atoms. The SMILES string of the molecule is C#CCSCCNC(=O)c1cccc(Br)c1Cl. The van der Waals surface area contributed by atoms with E-state index in [4.69, 9.17) is 18.0 Å². The molecular formula is C12H11BrClNOS. The van der Waals surface area contributed by atoms with Gasteiger partial charge in [0.1, 0.15) is 0 Å². The van der Waals surface area contributed by atoms with Crippen molar-refractivity contribution in [2.75, 3.05) is 18.1 Å². The first-order valence-electron chi connectivity index (χ1n) is 4.90. The summed E-state index contributed by atoms with van der Waals surface area (Å²) in [6, 6.07) is 5.26. The third-order valence-corrected chi connectivity index (χ3v) is 4.07. The van der Waals surface area contributed by atoms with Gasteiger partial charge < -0.3 is 5.32 Å². The minimum atomic E-state index is -0.169. The molecule has 5 heteroatoms. The minimum Gasteiger partial charge on any atom is -0.351 e. The predicted molar refractivity (Wildman–Crippen MR) is 77.6 cm³/mol. The number of amides is 1. The zero-order valence-corrected chi connectivity index (χ0v) is 12.2. The van der Waals surface area contributed by atoms with Crippen LogP contribution in [0.5, 0.6) is 0 Å². The van der Waals surface area contributed by atoms with Crippen LogP contribution < -0.4 is 5.32 Å². The van der Waals surface area contributed by atoms with Gasteiger partial charge in [-0.3, -0.25) is 4.79 Å².